The average molecular weight is 569 g/mol. The molecule has 0 spiro atoms. The minimum Gasteiger partial charge on any atom is -0.472 e. The van der Waals surface area contributed by atoms with Gasteiger partial charge >= 0.3 is 17.9 Å². The van der Waals surface area contributed by atoms with Crippen LogP contribution in [-0.4, -0.2) is 47.6 Å². The van der Waals surface area contributed by atoms with Crippen LogP contribution in [0.3, 0.4) is 0 Å². The van der Waals surface area contributed by atoms with Crippen LogP contribution in [0.4, 0.5) is 0 Å². The van der Waals surface area contributed by atoms with Gasteiger partial charge in [0.05, 0.1) is 26.1 Å². The molecule has 2 saturated carbocycles. The first kappa shape index (κ1) is 29.3. The van der Waals surface area contributed by atoms with Crippen molar-refractivity contribution in [3.8, 4) is 0 Å². The molecule has 1 aromatic rings. The molecule has 1 N–H and O–H groups in total. The summed E-state index contributed by atoms with van der Waals surface area (Å²) in [5.41, 5.74) is -3.03. The minimum absolute atomic E-state index is 0.0841. The smallest absolute Gasteiger partial charge is 0.333 e. The van der Waals surface area contributed by atoms with Gasteiger partial charge in [-0.05, 0) is 56.6 Å². The van der Waals surface area contributed by atoms with Gasteiger partial charge in [-0.1, -0.05) is 39.3 Å². The van der Waals surface area contributed by atoms with Crippen molar-refractivity contribution in [2.75, 3.05) is 7.11 Å². The predicted molar refractivity (Wildman–Crippen MR) is 146 cm³/mol. The van der Waals surface area contributed by atoms with Crippen molar-refractivity contribution < 1.29 is 42.9 Å². The third-order valence-corrected chi connectivity index (χ3v) is 10.9. The zero-order chi connectivity index (χ0) is 30.1. The molecule has 1 saturated heterocycles. The number of hydrogen-bond acceptors (Lipinski definition) is 9. The lowest BCUT2D eigenvalue weighted by Gasteiger charge is -2.65. The second kappa shape index (κ2) is 9.68. The van der Waals surface area contributed by atoms with E-state index < -0.39 is 57.7 Å². The Bertz CT molecular complexity index is 1340. The van der Waals surface area contributed by atoms with Crippen LogP contribution in [0.1, 0.15) is 78.9 Å². The highest BCUT2D eigenvalue weighted by atomic mass is 16.6. The van der Waals surface area contributed by atoms with E-state index in [2.05, 4.69) is 6.92 Å². The maximum absolute atomic E-state index is 14.5. The van der Waals surface area contributed by atoms with Gasteiger partial charge in [-0.3, -0.25) is 14.4 Å². The summed E-state index contributed by atoms with van der Waals surface area (Å²) in [5.74, 6) is -3.31. The number of ether oxygens (including phenoxy) is 3. The molecule has 8 atom stereocenters. The maximum atomic E-state index is 14.5. The number of carbonyl (C=O) groups excluding carboxylic acids is 4. The first-order chi connectivity index (χ1) is 19.2. The van der Waals surface area contributed by atoms with E-state index in [1.807, 2.05) is 20.8 Å². The van der Waals surface area contributed by atoms with E-state index in [-0.39, 0.29) is 30.6 Å². The van der Waals surface area contributed by atoms with Crippen molar-refractivity contribution >= 4 is 23.7 Å². The van der Waals surface area contributed by atoms with Gasteiger partial charge in [0.15, 0.2) is 11.4 Å². The number of Topliss-reactive ketones (excluding diaryl/α,β-unsaturated/α-hetero) is 1. The molecular weight excluding hydrogens is 528 g/mol. The number of cyclic esters (lactones) is 1. The first-order valence-corrected chi connectivity index (χ1v) is 14.3. The summed E-state index contributed by atoms with van der Waals surface area (Å²) in [6, 6.07) is 1.79. The normalized spacial score (nSPS) is 39.6. The monoisotopic (exact) mass is 568 g/mol. The lowest BCUT2D eigenvalue weighted by molar-refractivity contribution is -0.223. The van der Waals surface area contributed by atoms with E-state index in [1.54, 1.807) is 44.6 Å². The van der Waals surface area contributed by atoms with Crippen molar-refractivity contribution in [1.29, 1.82) is 0 Å². The second-order valence-electron chi connectivity index (χ2n) is 13.3. The van der Waals surface area contributed by atoms with E-state index in [4.69, 9.17) is 18.6 Å². The molecule has 3 aliphatic carbocycles. The molecule has 4 aliphatic rings. The van der Waals surface area contributed by atoms with Gasteiger partial charge in [0, 0.05) is 33.8 Å². The number of ketones is 1. The van der Waals surface area contributed by atoms with Crippen molar-refractivity contribution in [3.63, 3.8) is 0 Å². The van der Waals surface area contributed by atoms with Crippen LogP contribution in [-0.2, 0) is 33.4 Å². The van der Waals surface area contributed by atoms with E-state index in [0.29, 0.717) is 18.4 Å². The largest absolute Gasteiger partial charge is 0.472 e. The number of carbonyl (C=O) groups is 4. The summed E-state index contributed by atoms with van der Waals surface area (Å²) in [6.07, 6.45) is 5.67. The zero-order valence-corrected chi connectivity index (χ0v) is 24.8. The van der Waals surface area contributed by atoms with Gasteiger partial charge < -0.3 is 23.7 Å². The summed E-state index contributed by atoms with van der Waals surface area (Å²) in [6.45, 7) is 10.9. The summed E-state index contributed by atoms with van der Waals surface area (Å²) < 4.78 is 22.2. The quantitative estimate of drug-likeness (QED) is 0.234. The van der Waals surface area contributed by atoms with Crippen LogP contribution >= 0.6 is 0 Å². The van der Waals surface area contributed by atoms with Gasteiger partial charge in [-0.15, -0.1) is 0 Å². The standard InChI is InChI=1S/C32H40O9/c1-8-17(2)26(35)41-28-29(3,4)22(14-23(33)38-7)31(6)20-9-11-30(5)21(19(20)15-32(28,37)27(31)36)13-24(34)40-25(30)18-10-12-39-16-18/h8,10,12,15-16,20-22,25,28,37H,9,11,13-14H2,1-7H3. The van der Waals surface area contributed by atoms with Crippen LogP contribution in [0, 0.1) is 34.0 Å². The Balaban J connectivity index is 1.71. The molecule has 0 amide bonds. The van der Waals surface area contributed by atoms with E-state index in [0.717, 1.165) is 11.1 Å². The number of rotatable bonds is 5. The van der Waals surface area contributed by atoms with Gasteiger partial charge in [0.25, 0.3) is 0 Å². The average Bonchev–Trinajstić information content (AvgIpc) is 3.46. The fraction of sp³-hybridized carbons (Fsp3) is 0.625. The van der Waals surface area contributed by atoms with Crippen LogP contribution in [0.5, 0.6) is 0 Å². The number of hydrogen-bond donors (Lipinski definition) is 1. The summed E-state index contributed by atoms with van der Waals surface area (Å²) in [5, 5.41) is 12.4. The number of fused-ring (bicyclic) bond motifs is 6. The third kappa shape index (κ3) is 4.06. The van der Waals surface area contributed by atoms with Crippen molar-refractivity contribution in [2.24, 2.45) is 34.0 Å². The highest BCUT2D eigenvalue weighted by Gasteiger charge is 2.73. The molecule has 2 heterocycles. The lowest BCUT2D eigenvalue weighted by atomic mass is 9.39. The molecule has 9 nitrogen and oxygen atoms in total. The topological polar surface area (TPSA) is 129 Å². The van der Waals surface area contributed by atoms with Gasteiger partial charge in [0.1, 0.15) is 12.2 Å². The van der Waals surface area contributed by atoms with Gasteiger partial charge in [-0.25, -0.2) is 4.79 Å². The number of aliphatic hydroxyl groups is 1. The molecule has 41 heavy (non-hydrogen) atoms. The molecule has 5 rings (SSSR count). The molecule has 9 heteroatoms. The number of esters is 3. The Labute approximate surface area is 240 Å². The Morgan fingerprint density at radius 3 is 2.49 bits per heavy atom. The molecule has 1 aromatic heterocycles. The predicted octanol–water partition coefficient (Wildman–Crippen LogP) is 4.64. The number of methoxy groups -OCH3 is 1. The summed E-state index contributed by atoms with van der Waals surface area (Å²) in [7, 11) is 1.30. The molecule has 0 radical (unpaired) electrons. The Morgan fingerprint density at radius 2 is 1.88 bits per heavy atom. The number of allylic oxidation sites excluding steroid dienone is 2. The zero-order valence-electron chi connectivity index (χ0n) is 24.8. The third-order valence-electron chi connectivity index (χ3n) is 10.9. The Hall–Kier alpha value is -3.20. The summed E-state index contributed by atoms with van der Waals surface area (Å²) in [4.78, 5) is 53.4. The fourth-order valence-corrected chi connectivity index (χ4v) is 8.60. The highest BCUT2D eigenvalue weighted by Crippen LogP contribution is 2.69. The molecule has 1 aliphatic heterocycles. The van der Waals surface area contributed by atoms with Crippen molar-refractivity contribution in [3.05, 3.63) is 47.5 Å². The molecule has 2 bridgehead atoms. The van der Waals surface area contributed by atoms with E-state index >= 15 is 0 Å². The van der Waals surface area contributed by atoms with Crippen molar-refractivity contribution in [2.45, 2.75) is 85.0 Å². The number of furan rings is 1. The van der Waals surface area contributed by atoms with Crippen LogP contribution < -0.4 is 0 Å². The lowest BCUT2D eigenvalue weighted by Crippen LogP contribution is -2.74. The molecule has 3 fully saturated rings. The van der Waals surface area contributed by atoms with E-state index in [1.165, 1.54) is 7.11 Å². The Kier molecular flexibility index (Phi) is 6.92. The molecule has 222 valence electrons. The first-order valence-electron chi connectivity index (χ1n) is 14.3. The highest BCUT2D eigenvalue weighted by molar-refractivity contribution is 5.99. The minimum atomic E-state index is -2.16. The van der Waals surface area contributed by atoms with E-state index in [9.17, 15) is 24.3 Å². The van der Waals surface area contributed by atoms with Crippen LogP contribution in [0.2, 0.25) is 0 Å². The second-order valence-corrected chi connectivity index (χ2v) is 13.3. The molecule has 8 unspecified atom stereocenters. The van der Waals surface area contributed by atoms with Crippen LogP contribution in [0.25, 0.3) is 0 Å². The van der Waals surface area contributed by atoms with Gasteiger partial charge in [-0.2, -0.15) is 0 Å². The van der Waals surface area contributed by atoms with Gasteiger partial charge in [0.2, 0.25) is 0 Å². The van der Waals surface area contributed by atoms with Crippen LogP contribution in [0.15, 0.2) is 46.3 Å². The maximum Gasteiger partial charge on any atom is 0.333 e. The SMILES string of the molecule is CC=C(C)C(=O)OC1C2(O)C=C3C4CC(=O)OC(c5ccoc5)C4(C)CCC3C(C)(C2=O)C(CC(=O)OC)C1(C)C. The fourth-order valence-electron chi connectivity index (χ4n) is 8.60. The summed E-state index contributed by atoms with van der Waals surface area (Å²) >= 11 is 0. The molecule has 0 aromatic carbocycles. The molecular formula is C32H40O9. The van der Waals surface area contributed by atoms with Crippen molar-refractivity contribution in [1.82, 2.24) is 0 Å². The Morgan fingerprint density at radius 1 is 1.17 bits per heavy atom.